The monoisotopic (exact) mass is 271 g/mol. The highest BCUT2D eigenvalue weighted by atomic mass is 16.6. The van der Waals surface area contributed by atoms with Crippen LogP contribution in [0, 0.1) is 5.92 Å². The van der Waals surface area contributed by atoms with Gasteiger partial charge in [0.05, 0.1) is 12.6 Å². The largest absolute Gasteiger partial charge is 0.444 e. The number of hydrogen-bond donors (Lipinski definition) is 0. The predicted octanol–water partition coefficient (Wildman–Crippen LogP) is 3.45. The number of nitrogens with zero attached hydrogens (tertiary/aromatic N) is 1. The maximum Gasteiger partial charge on any atom is 0.410 e. The van der Waals surface area contributed by atoms with E-state index in [4.69, 9.17) is 9.47 Å². The highest BCUT2D eigenvalue weighted by Crippen LogP contribution is 2.17. The summed E-state index contributed by atoms with van der Waals surface area (Å²) in [5, 5.41) is 0. The van der Waals surface area contributed by atoms with Gasteiger partial charge in [-0.3, -0.25) is 0 Å². The van der Waals surface area contributed by atoms with Crippen molar-refractivity contribution in [2.24, 2.45) is 5.92 Å². The summed E-state index contributed by atoms with van der Waals surface area (Å²) in [6.45, 7) is 12.3. The van der Waals surface area contributed by atoms with E-state index < -0.39 is 5.60 Å². The topological polar surface area (TPSA) is 38.8 Å². The zero-order valence-corrected chi connectivity index (χ0v) is 13.1. The third-order valence-electron chi connectivity index (χ3n) is 3.08. The molecule has 4 heteroatoms. The standard InChI is InChI=1S/C15H29NO3/c1-12(2)7-6-10-18-13-8-9-16(11-13)14(17)19-15(3,4)5/h12-13H,6-11H2,1-5H3. The minimum Gasteiger partial charge on any atom is -0.444 e. The van der Waals surface area contributed by atoms with E-state index in [1.54, 1.807) is 4.90 Å². The lowest BCUT2D eigenvalue weighted by Crippen LogP contribution is -2.36. The van der Waals surface area contributed by atoms with Crippen LogP contribution >= 0.6 is 0 Å². The van der Waals surface area contributed by atoms with Crippen LogP contribution < -0.4 is 0 Å². The summed E-state index contributed by atoms with van der Waals surface area (Å²) < 4.78 is 11.2. The van der Waals surface area contributed by atoms with E-state index in [0.717, 1.165) is 31.9 Å². The van der Waals surface area contributed by atoms with E-state index >= 15 is 0 Å². The van der Waals surface area contributed by atoms with Crippen LogP contribution in [0.3, 0.4) is 0 Å². The molecule has 0 bridgehead atoms. The van der Waals surface area contributed by atoms with Crippen molar-refractivity contribution in [3.05, 3.63) is 0 Å². The fourth-order valence-corrected chi connectivity index (χ4v) is 2.10. The Morgan fingerprint density at radius 3 is 2.63 bits per heavy atom. The molecule has 1 heterocycles. The molecule has 1 amide bonds. The SMILES string of the molecule is CC(C)CCCOC1CCN(C(=O)OC(C)(C)C)C1. The van der Waals surface area contributed by atoms with E-state index in [0.29, 0.717) is 6.54 Å². The third-order valence-corrected chi connectivity index (χ3v) is 3.08. The molecule has 1 aliphatic heterocycles. The van der Waals surface area contributed by atoms with Crippen LogP contribution in [-0.2, 0) is 9.47 Å². The first-order valence-electron chi connectivity index (χ1n) is 7.37. The molecule has 19 heavy (non-hydrogen) atoms. The number of likely N-dealkylation sites (tertiary alicyclic amines) is 1. The summed E-state index contributed by atoms with van der Waals surface area (Å²) in [7, 11) is 0. The van der Waals surface area contributed by atoms with Crippen LogP contribution in [0.25, 0.3) is 0 Å². The molecular weight excluding hydrogens is 242 g/mol. The van der Waals surface area contributed by atoms with E-state index in [9.17, 15) is 4.79 Å². The molecule has 4 nitrogen and oxygen atoms in total. The van der Waals surface area contributed by atoms with Gasteiger partial charge in [-0.15, -0.1) is 0 Å². The van der Waals surface area contributed by atoms with Gasteiger partial charge in [-0.25, -0.2) is 4.79 Å². The fourth-order valence-electron chi connectivity index (χ4n) is 2.10. The van der Waals surface area contributed by atoms with Gasteiger partial charge < -0.3 is 14.4 Å². The molecule has 0 N–H and O–H groups in total. The summed E-state index contributed by atoms with van der Waals surface area (Å²) in [4.78, 5) is 13.6. The van der Waals surface area contributed by atoms with Gasteiger partial charge in [0.1, 0.15) is 5.60 Å². The quantitative estimate of drug-likeness (QED) is 0.719. The molecule has 1 unspecified atom stereocenters. The maximum atomic E-state index is 11.9. The van der Waals surface area contributed by atoms with Crippen molar-refractivity contribution in [3.63, 3.8) is 0 Å². The molecule has 1 rings (SSSR count). The summed E-state index contributed by atoms with van der Waals surface area (Å²) in [6, 6.07) is 0. The Morgan fingerprint density at radius 1 is 1.37 bits per heavy atom. The van der Waals surface area contributed by atoms with Crippen LogP contribution in [0.1, 0.15) is 53.9 Å². The second kappa shape index (κ2) is 7.13. The molecule has 1 fully saturated rings. The predicted molar refractivity (Wildman–Crippen MR) is 76.2 cm³/mol. The van der Waals surface area contributed by atoms with Gasteiger partial charge in [-0.05, 0) is 46.0 Å². The Balaban J connectivity index is 2.20. The Morgan fingerprint density at radius 2 is 2.05 bits per heavy atom. The minimum atomic E-state index is -0.423. The molecule has 0 saturated carbocycles. The first-order chi connectivity index (χ1) is 8.78. The number of hydrogen-bond acceptors (Lipinski definition) is 3. The van der Waals surface area contributed by atoms with E-state index in [2.05, 4.69) is 13.8 Å². The summed E-state index contributed by atoms with van der Waals surface area (Å²) in [5.41, 5.74) is -0.423. The second-order valence-electron chi connectivity index (χ2n) is 6.74. The van der Waals surface area contributed by atoms with Crippen LogP contribution in [0.5, 0.6) is 0 Å². The summed E-state index contributed by atoms with van der Waals surface area (Å²) in [5.74, 6) is 0.727. The normalized spacial score (nSPS) is 20.1. The van der Waals surface area contributed by atoms with Crippen molar-refractivity contribution in [2.75, 3.05) is 19.7 Å². The molecule has 1 atom stereocenters. The minimum absolute atomic E-state index is 0.180. The lowest BCUT2D eigenvalue weighted by Gasteiger charge is -2.24. The zero-order chi connectivity index (χ0) is 14.5. The van der Waals surface area contributed by atoms with Gasteiger partial charge in [-0.2, -0.15) is 0 Å². The van der Waals surface area contributed by atoms with Gasteiger partial charge in [0, 0.05) is 13.2 Å². The van der Waals surface area contributed by atoms with Crippen molar-refractivity contribution in [2.45, 2.75) is 65.6 Å². The number of amides is 1. The first-order valence-corrected chi connectivity index (χ1v) is 7.37. The molecule has 0 radical (unpaired) electrons. The molecule has 0 aliphatic carbocycles. The van der Waals surface area contributed by atoms with E-state index in [-0.39, 0.29) is 12.2 Å². The van der Waals surface area contributed by atoms with Gasteiger partial charge >= 0.3 is 6.09 Å². The first kappa shape index (κ1) is 16.3. The van der Waals surface area contributed by atoms with E-state index in [1.807, 2.05) is 20.8 Å². The van der Waals surface area contributed by atoms with Crippen molar-refractivity contribution >= 4 is 6.09 Å². The summed E-state index contributed by atoms with van der Waals surface area (Å²) in [6.07, 6.45) is 3.17. The molecule has 1 aliphatic rings. The van der Waals surface area contributed by atoms with Gasteiger partial charge in [-0.1, -0.05) is 13.8 Å². The van der Waals surface area contributed by atoms with Crippen LogP contribution in [0.2, 0.25) is 0 Å². The van der Waals surface area contributed by atoms with Crippen LogP contribution in [0.15, 0.2) is 0 Å². The van der Waals surface area contributed by atoms with Crippen molar-refractivity contribution < 1.29 is 14.3 Å². The molecule has 112 valence electrons. The molecular formula is C15H29NO3. The molecule has 0 aromatic carbocycles. The highest BCUT2D eigenvalue weighted by molar-refractivity contribution is 5.68. The van der Waals surface area contributed by atoms with Crippen molar-refractivity contribution in [1.29, 1.82) is 0 Å². The van der Waals surface area contributed by atoms with E-state index in [1.165, 1.54) is 6.42 Å². The lowest BCUT2D eigenvalue weighted by molar-refractivity contribution is 0.0205. The lowest BCUT2D eigenvalue weighted by atomic mass is 10.1. The summed E-state index contributed by atoms with van der Waals surface area (Å²) >= 11 is 0. The molecule has 0 spiro atoms. The van der Waals surface area contributed by atoms with Crippen molar-refractivity contribution in [3.8, 4) is 0 Å². The van der Waals surface area contributed by atoms with Crippen molar-refractivity contribution in [1.82, 2.24) is 4.90 Å². The maximum absolute atomic E-state index is 11.9. The number of ether oxygens (including phenoxy) is 2. The zero-order valence-electron chi connectivity index (χ0n) is 13.1. The number of carbonyl (C=O) groups is 1. The Hall–Kier alpha value is -0.770. The second-order valence-corrected chi connectivity index (χ2v) is 6.74. The highest BCUT2D eigenvalue weighted by Gasteiger charge is 2.29. The van der Waals surface area contributed by atoms with Gasteiger partial charge in [0.2, 0.25) is 0 Å². The molecule has 1 saturated heterocycles. The Labute approximate surface area is 117 Å². The van der Waals surface area contributed by atoms with Gasteiger partial charge in [0.25, 0.3) is 0 Å². The Bertz CT molecular complexity index is 284. The van der Waals surface area contributed by atoms with Crippen LogP contribution in [0.4, 0.5) is 4.79 Å². The molecule has 0 aromatic heterocycles. The average Bonchev–Trinajstić information content (AvgIpc) is 2.70. The average molecular weight is 271 g/mol. The third kappa shape index (κ3) is 6.81. The van der Waals surface area contributed by atoms with Crippen LogP contribution in [-0.4, -0.2) is 42.4 Å². The Kier molecular flexibility index (Phi) is 6.11. The smallest absolute Gasteiger partial charge is 0.410 e. The van der Waals surface area contributed by atoms with Gasteiger partial charge in [0.15, 0.2) is 0 Å². The number of rotatable bonds is 5. The molecule has 0 aromatic rings. The fraction of sp³-hybridized carbons (Fsp3) is 0.933. The number of carbonyl (C=O) groups excluding carboxylic acids is 1.